The van der Waals surface area contributed by atoms with E-state index in [1.165, 1.54) is 0 Å². The van der Waals surface area contributed by atoms with Crippen LogP contribution in [0.1, 0.15) is 17.0 Å². The van der Waals surface area contributed by atoms with Gasteiger partial charge in [-0.15, -0.1) is 0 Å². The molecule has 0 bridgehead atoms. The second kappa shape index (κ2) is 5.54. The Bertz CT molecular complexity index is 675. The number of aliphatic hydroxyl groups is 1. The molecule has 0 unspecified atom stereocenters. The van der Waals surface area contributed by atoms with E-state index < -0.39 is 0 Å². The van der Waals surface area contributed by atoms with E-state index in [1.807, 2.05) is 25.5 Å². The van der Waals surface area contributed by atoms with Crippen molar-refractivity contribution in [1.29, 1.82) is 5.26 Å². The van der Waals surface area contributed by atoms with Crippen molar-refractivity contribution in [1.82, 2.24) is 14.8 Å². The molecule has 2 atom stereocenters. The second-order valence-electron chi connectivity index (χ2n) is 5.41. The lowest BCUT2D eigenvalue weighted by Crippen LogP contribution is -2.21. The van der Waals surface area contributed by atoms with Gasteiger partial charge in [-0.2, -0.15) is 10.4 Å². The van der Waals surface area contributed by atoms with E-state index in [0.29, 0.717) is 5.56 Å². The quantitative estimate of drug-likeness (QED) is 0.905. The van der Waals surface area contributed by atoms with Crippen molar-refractivity contribution in [2.45, 2.75) is 5.92 Å². The molecule has 3 rings (SSSR count). The van der Waals surface area contributed by atoms with Crippen LogP contribution >= 0.6 is 0 Å². The number of pyridine rings is 1. The number of rotatable bonds is 3. The number of aliphatic hydroxyl groups excluding tert-OH is 1. The van der Waals surface area contributed by atoms with Crippen molar-refractivity contribution >= 4 is 5.69 Å². The molecule has 21 heavy (non-hydrogen) atoms. The third-order valence-electron chi connectivity index (χ3n) is 4.09. The summed E-state index contributed by atoms with van der Waals surface area (Å²) in [5, 5.41) is 23.1. The number of aryl methyl sites for hydroxylation is 1. The number of hydrogen-bond donors (Lipinski definition) is 1. The molecule has 1 aliphatic heterocycles. The van der Waals surface area contributed by atoms with Crippen LogP contribution in [-0.4, -0.2) is 39.6 Å². The van der Waals surface area contributed by atoms with Gasteiger partial charge in [-0.1, -0.05) is 0 Å². The average molecular weight is 283 g/mol. The van der Waals surface area contributed by atoms with Crippen LogP contribution in [0, 0.1) is 17.2 Å². The van der Waals surface area contributed by atoms with Crippen LogP contribution in [0.15, 0.2) is 30.9 Å². The molecule has 3 heterocycles. The zero-order chi connectivity index (χ0) is 14.8. The third kappa shape index (κ3) is 2.48. The molecule has 2 aromatic rings. The second-order valence-corrected chi connectivity index (χ2v) is 5.41. The Morgan fingerprint density at radius 2 is 2.29 bits per heavy atom. The van der Waals surface area contributed by atoms with E-state index in [0.717, 1.165) is 24.3 Å². The molecular formula is C15H17N5O. The van der Waals surface area contributed by atoms with E-state index >= 15 is 0 Å². The maximum atomic E-state index is 9.66. The number of anilines is 1. The molecule has 108 valence electrons. The number of nitrogens with zero attached hydrogens (tertiary/aromatic N) is 5. The zero-order valence-electron chi connectivity index (χ0n) is 11.8. The Morgan fingerprint density at radius 3 is 2.95 bits per heavy atom. The van der Waals surface area contributed by atoms with Crippen molar-refractivity contribution < 1.29 is 5.11 Å². The first-order valence-corrected chi connectivity index (χ1v) is 6.91. The predicted molar refractivity (Wildman–Crippen MR) is 77.7 cm³/mol. The molecule has 0 radical (unpaired) electrons. The van der Waals surface area contributed by atoms with Crippen molar-refractivity contribution in [2.24, 2.45) is 13.0 Å². The molecule has 6 heteroatoms. The van der Waals surface area contributed by atoms with Crippen molar-refractivity contribution in [2.75, 3.05) is 24.6 Å². The Labute approximate surface area is 123 Å². The molecule has 1 aliphatic rings. The number of nitriles is 1. The lowest BCUT2D eigenvalue weighted by Gasteiger charge is -2.19. The van der Waals surface area contributed by atoms with Gasteiger partial charge in [0.2, 0.25) is 0 Å². The highest BCUT2D eigenvalue weighted by molar-refractivity contribution is 5.59. The molecular weight excluding hydrogens is 266 g/mol. The Morgan fingerprint density at radius 1 is 1.43 bits per heavy atom. The highest BCUT2D eigenvalue weighted by atomic mass is 16.3. The van der Waals surface area contributed by atoms with Crippen molar-refractivity contribution in [3.63, 3.8) is 0 Å². The third-order valence-corrected chi connectivity index (χ3v) is 4.09. The van der Waals surface area contributed by atoms with E-state index in [4.69, 9.17) is 0 Å². The van der Waals surface area contributed by atoms with Gasteiger partial charge in [-0.3, -0.25) is 9.67 Å². The van der Waals surface area contributed by atoms with Gasteiger partial charge in [0.1, 0.15) is 6.07 Å². The fourth-order valence-corrected chi connectivity index (χ4v) is 3.01. The summed E-state index contributed by atoms with van der Waals surface area (Å²) in [6.07, 6.45) is 7.13. The first-order chi connectivity index (χ1) is 10.2. The normalized spacial score (nSPS) is 21.5. The maximum absolute atomic E-state index is 9.66. The fraction of sp³-hybridized carbons (Fsp3) is 0.400. The summed E-state index contributed by atoms with van der Waals surface area (Å²) in [6.45, 7) is 1.63. The largest absolute Gasteiger partial charge is 0.396 e. The first-order valence-electron chi connectivity index (χ1n) is 6.91. The van der Waals surface area contributed by atoms with E-state index in [-0.39, 0.29) is 18.4 Å². The number of aromatic nitrogens is 3. The highest BCUT2D eigenvalue weighted by Crippen LogP contribution is 2.35. The van der Waals surface area contributed by atoms with Crippen LogP contribution in [0.25, 0.3) is 0 Å². The predicted octanol–water partition coefficient (Wildman–Crippen LogP) is 0.899. The average Bonchev–Trinajstić information content (AvgIpc) is 3.12. The summed E-state index contributed by atoms with van der Waals surface area (Å²) in [4.78, 5) is 6.15. The monoisotopic (exact) mass is 283 g/mol. The standard InChI is InChI=1S/C15H17N5O/c1-19-7-12(6-18-19)14-9-20(8-13(14)10-21)15-2-3-17-5-11(15)4-16/h2-3,5-7,13-14,21H,8-10H2,1H3/t13-,14-/m0/s1. The van der Waals surface area contributed by atoms with Gasteiger partial charge in [0, 0.05) is 57.2 Å². The molecule has 0 aliphatic carbocycles. The van der Waals surface area contributed by atoms with Gasteiger partial charge in [0.05, 0.1) is 17.4 Å². The van der Waals surface area contributed by atoms with Crippen LogP contribution in [0.4, 0.5) is 5.69 Å². The Balaban J connectivity index is 1.89. The lowest BCUT2D eigenvalue weighted by atomic mass is 9.92. The van der Waals surface area contributed by atoms with Crippen molar-refractivity contribution in [3.8, 4) is 6.07 Å². The van der Waals surface area contributed by atoms with E-state index in [2.05, 4.69) is 21.1 Å². The molecule has 6 nitrogen and oxygen atoms in total. The van der Waals surface area contributed by atoms with Gasteiger partial charge in [-0.25, -0.2) is 0 Å². The maximum Gasteiger partial charge on any atom is 0.103 e. The zero-order valence-corrected chi connectivity index (χ0v) is 11.8. The minimum absolute atomic E-state index is 0.128. The Hall–Kier alpha value is -2.39. The molecule has 1 saturated heterocycles. The summed E-state index contributed by atoms with van der Waals surface area (Å²) in [7, 11) is 1.89. The van der Waals surface area contributed by atoms with Gasteiger partial charge >= 0.3 is 0 Å². The highest BCUT2D eigenvalue weighted by Gasteiger charge is 2.35. The SMILES string of the molecule is Cn1cc([C@@H]2CN(c3ccncc3C#N)C[C@H]2CO)cn1. The molecule has 0 amide bonds. The molecule has 0 saturated carbocycles. The molecule has 1 N–H and O–H groups in total. The minimum atomic E-state index is 0.128. The van der Waals surface area contributed by atoms with Crippen molar-refractivity contribution in [3.05, 3.63) is 42.0 Å². The van der Waals surface area contributed by atoms with Gasteiger partial charge in [0.25, 0.3) is 0 Å². The van der Waals surface area contributed by atoms with Crippen LogP contribution in [0.2, 0.25) is 0 Å². The fourth-order valence-electron chi connectivity index (χ4n) is 3.01. The van der Waals surface area contributed by atoms with E-state index in [9.17, 15) is 10.4 Å². The van der Waals surface area contributed by atoms with E-state index in [1.54, 1.807) is 17.1 Å². The number of hydrogen-bond acceptors (Lipinski definition) is 5. The smallest absolute Gasteiger partial charge is 0.103 e. The summed E-state index contributed by atoms with van der Waals surface area (Å²) < 4.78 is 1.78. The molecule has 1 fully saturated rings. The molecule has 2 aromatic heterocycles. The van der Waals surface area contributed by atoms with Crippen LogP contribution in [0.5, 0.6) is 0 Å². The Kier molecular flexibility index (Phi) is 3.59. The van der Waals surface area contributed by atoms with Crippen LogP contribution in [-0.2, 0) is 7.05 Å². The van der Waals surface area contributed by atoms with Gasteiger partial charge in [0.15, 0.2) is 0 Å². The minimum Gasteiger partial charge on any atom is -0.396 e. The van der Waals surface area contributed by atoms with Crippen LogP contribution < -0.4 is 4.90 Å². The first kappa shape index (κ1) is 13.6. The lowest BCUT2D eigenvalue weighted by molar-refractivity contribution is 0.227. The van der Waals surface area contributed by atoms with Gasteiger partial charge < -0.3 is 10.0 Å². The topological polar surface area (TPSA) is 78.0 Å². The summed E-state index contributed by atoms with van der Waals surface area (Å²) >= 11 is 0. The molecule has 0 aromatic carbocycles. The summed E-state index contributed by atoms with van der Waals surface area (Å²) in [6, 6.07) is 4.04. The van der Waals surface area contributed by atoms with Gasteiger partial charge in [-0.05, 0) is 11.6 Å². The molecule has 0 spiro atoms. The summed E-state index contributed by atoms with van der Waals surface area (Å²) in [5.41, 5.74) is 2.59. The van der Waals surface area contributed by atoms with Crippen LogP contribution in [0.3, 0.4) is 0 Å². The summed E-state index contributed by atoms with van der Waals surface area (Å²) in [5.74, 6) is 0.373.